The van der Waals surface area contributed by atoms with Crippen LogP contribution in [-0.2, 0) is 13.1 Å². The maximum Gasteiger partial charge on any atom is 0.260 e. The fourth-order valence-electron chi connectivity index (χ4n) is 3.05. The van der Waals surface area contributed by atoms with E-state index < -0.39 is 5.82 Å². The van der Waals surface area contributed by atoms with Crippen LogP contribution >= 0.6 is 15.9 Å². The van der Waals surface area contributed by atoms with Crippen LogP contribution in [0.3, 0.4) is 0 Å². The standard InChI is InChI=1S/C21H13BrFN3O2/c22-16-4-1-13(2-5-16)11-26-12-15-7-8-25-20(19(15)21(26)27)28-18-9-14(10-24)3-6-17(18)23/h1-9H,11-12H2. The summed E-state index contributed by atoms with van der Waals surface area (Å²) >= 11 is 3.39. The average Bonchev–Trinajstić information content (AvgIpc) is 3.02. The molecule has 2 aromatic carbocycles. The molecule has 1 amide bonds. The summed E-state index contributed by atoms with van der Waals surface area (Å²) in [5, 5.41) is 9.00. The molecule has 138 valence electrons. The van der Waals surface area contributed by atoms with Crippen LogP contribution in [0.4, 0.5) is 4.39 Å². The van der Waals surface area contributed by atoms with E-state index in [1.807, 2.05) is 30.3 Å². The van der Waals surface area contributed by atoms with E-state index in [0.717, 1.165) is 21.7 Å². The van der Waals surface area contributed by atoms with Gasteiger partial charge in [0.2, 0.25) is 5.88 Å². The summed E-state index contributed by atoms with van der Waals surface area (Å²) in [6.07, 6.45) is 1.52. The number of amides is 1. The number of hydrogen-bond donors (Lipinski definition) is 0. The van der Waals surface area contributed by atoms with Crippen molar-refractivity contribution in [2.75, 3.05) is 0 Å². The maximum absolute atomic E-state index is 14.1. The van der Waals surface area contributed by atoms with Gasteiger partial charge in [-0.05, 0) is 41.5 Å². The first-order chi connectivity index (χ1) is 13.5. The van der Waals surface area contributed by atoms with E-state index in [0.29, 0.717) is 18.7 Å². The number of ether oxygens (including phenoxy) is 1. The van der Waals surface area contributed by atoms with Gasteiger partial charge in [0.05, 0.1) is 11.6 Å². The minimum Gasteiger partial charge on any atom is -0.435 e. The van der Waals surface area contributed by atoms with E-state index >= 15 is 0 Å². The number of carbonyl (C=O) groups excluding carboxylic acids is 1. The smallest absolute Gasteiger partial charge is 0.260 e. The highest BCUT2D eigenvalue weighted by Gasteiger charge is 2.32. The second kappa shape index (κ2) is 7.41. The molecule has 0 aliphatic carbocycles. The summed E-state index contributed by atoms with van der Waals surface area (Å²) in [5.74, 6) is -0.956. The summed E-state index contributed by atoms with van der Waals surface area (Å²) < 4.78 is 20.6. The predicted molar refractivity (Wildman–Crippen MR) is 103 cm³/mol. The van der Waals surface area contributed by atoms with Crippen molar-refractivity contribution in [3.8, 4) is 17.7 Å². The van der Waals surface area contributed by atoms with E-state index in [9.17, 15) is 9.18 Å². The first kappa shape index (κ1) is 18.1. The molecule has 28 heavy (non-hydrogen) atoms. The Hall–Kier alpha value is -3.24. The SMILES string of the molecule is N#Cc1ccc(F)c(Oc2nccc3c2C(=O)N(Cc2ccc(Br)cc2)C3)c1. The number of benzene rings is 2. The van der Waals surface area contributed by atoms with Crippen molar-refractivity contribution in [1.82, 2.24) is 9.88 Å². The molecule has 5 nitrogen and oxygen atoms in total. The zero-order chi connectivity index (χ0) is 19.7. The zero-order valence-electron chi connectivity index (χ0n) is 14.5. The van der Waals surface area contributed by atoms with Crippen LogP contribution in [0.25, 0.3) is 0 Å². The van der Waals surface area contributed by atoms with Crippen LogP contribution < -0.4 is 4.74 Å². The number of pyridine rings is 1. The van der Waals surface area contributed by atoms with Crippen LogP contribution in [0.15, 0.2) is 59.2 Å². The van der Waals surface area contributed by atoms with Crippen LogP contribution in [-0.4, -0.2) is 15.8 Å². The van der Waals surface area contributed by atoms with Crippen molar-refractivity contribution >= 4 is 21.8 Å². The molecule has 0 bridgehead atoms. The van der Waals surface area contributed by atoms with Crippen molar-refractivity contribution < 1.29 is 13.9 Å². The average molecular weight is 438 g/mol. The third-order valence-corrected chi connectivity index (χ3v) is 4.95. The highest BCUT2D eigenvalue weighted by atomic mass is 79.9. The quantitative estimate of drug-likeness (QED) is 0.587. The lowest BCUT2D eigenvalue weighted by Crippen LogP contribution is -2.23. The number of rotatable bonds is 4. The molecule has 1 aromatic heterocycles. The Kier molecular flexibility index (Phi) is 4.80. The lowest BCUT2D eigenvalue weighted by molar-refractivity contribution is 0.0764. The summed E-state index contributed by atoms with van der Waals surface area (Å²) in [5.41, 5.74) is 2.34. The lowest BCUT2D eigenvalue weighted by atomic mass is 10.2. The summed E-state index contributed by atoms with van der Waals surface area (Å²) in [7, 11) is 0. The Morgan fingerprint density at radius 2 is 2.00 bits per heavy atom. The van der Waals surface area contributed by atoms with E-state index in [1.54, 1.807) is 11.0 Å². The molecule has 0 saturated carbocycles. The van der Waals surface area contributed by atoms with E-state index in [1.165, 1.54) is 18.3 Å². The first-order valence-corrected chi connectivity index (χ1v) is 9.23. The van der Waals surface area contributed by atoms with E-state index in [4.69, 9.17) is 10.00 Å². The second-order valence-corrected chi connectivity index (χ2v) is 7.21. The highest BCUT2D eigenvalue weighted by Crippen LogP contribution is 2.34. The number of nitriles is 1. The van der Waals surface area contributed by atoms with Crippen molar-refractivity contribution in [1.29, 1.82) is 5.26 Å². The Balaban J connectivity index is 1.62. The zero-order valence-corrected chi connectivity index (χ0v) is 16.1. The van der Waals surface area contributed by atoms with Crippen molar-refractivity contribution in [3.05, 3.63) is 87.3 Å². The van der Waals surface area contributed by atoms with Gasteiger partial charge in [-0.2, -0.15) is 5.26 Å². The highest BCUT2D eigenvalue weighted by molar-refractivity contribution is 9.10. The van der Waals surface area contributed by atoms with Crippen LogP contribution in [0.1, 0.15) is 27.0 Å². The summed E-state index contributed by atoms with van der Waals surface area (Å²) in [4.78, 5) is 18.7. The van der Waals surface area contributed by atoms with Gasteiger partial charge < -0.3 is 9.64 Å². The molecule has 7 heteroatoms. The number of aromatic nitrogens is 1. The maximum atomic E-state index is 14.1. The van der Waals surface area contributed by atoms with Gasteiger partial charge in [-0.15, -0.1) is 0 Å². The number of carbonyl (C=O) groups is 1. The van der Waals surface area contributed by atoms with Crippen LogP contribution in [0.5, 0.6) is 11.6 Å². The third-order valence-electron chi connectivity index (χ3n) is 4.42. The molecule has 0 spiro atoms. The van der Waals surface area contributed by atoms with Gasteiger partial charge in [-0.25, -0.2) is 9.37 Å². The van der Waals surface area contributed by atoms with Crippen molar-refractivity contribution in [2.45, 2.75) is 13.1 Å². The minimum absolute atomic E-state index is 0.0368. The fraction of sp³-hybridized carbons (Fsp3) is 0.0952. The third kappa shape index (κ3) is 3.47. The number of fused-ring (bicyclic) bond motifs is 1. The minimum atomic E-state index is -0.629. The molecular formula is C21H13BrFN3O2. The van der Waals surface area contributed by atoms with Gasteiger partial charge in [-0.1, -0.05) is 28.1 Å². The van der Waals surface area contributed by atoms with Crippen molar-refractivity contribution in [2.24, 2.45) is 0 Å². The topological polar surface area (TPSA) is 66.2 Å². The lowest BCUT2D eigenvalue weighted by Gasteiger charge is -2.15. The molecule has 1 aliphatic rings. The van der Waals surface area contributed by atoms with Crippen LogP contribution in [0.2, 0.25) is 0 Å². The molecule has 0 fully saturated rings. The monoisotopic (exact) mass is 437 g/mol. The van der Waals surface area contributed by atoms with Gasteiger partial charge in [0.25, 0.3) is 5.91 Å². The molecule has 3 aromatic rings. The van der Waals surface area contributed by atoms with Gasteiger partial charge in [0.15, 0.2) is 11.6 Å². The Morgan fingerprint density at radius 1 is 1.21 bits per heavy atom. The molecule has 4 rings (SSSR count). The Morgan fingerprint density at radius 3 is 2.75 bits per heavy atom. The molecule has 0 radical (unpaired) electrons. The van der Waals surface area contributed by atoms with Gasteiger partial charge in [-0.3, -0.25) is 4.79 Å². The van der Waals surface area contributed by atoms with E-state index in [-0.39, 0.29) is 23.1 Å². The van der Waals surface area contributed by atoms with Gasteiger partial charge >= 0.3 is 0 Å². The predicted octanol–water partition coefficient (Wildman–Crippen LogP) is 4.80. The first-order valence-electron chi connectivity index (χ1n) is 8.44. The fourth-order valence-corrected chi connectivity index (χ4v) is 3.31. The molecular weight excluding hydrogens is 425 g/mol. The molecule has 0 atom stereocenters. The largest absolute Gasteiger partial charge is 0.435 e. The number of nitrogens with zero attached hydrogens (tertiary/aromatic N) is 3. The van der Waals surface area contributed by atoms with E-state index in [2.05, 4.69) is 20.9 Å². The summed E-state index contributed by atoms with van der Waals surface area (Å²) in [6, 6.07) is 15.2. The molecule has 2 heterocycles. The molecule has 0 N–H and O–H groups in total. The number of halogens is 2. The number of hydrogen-bond acceptors (Lipinski definition) is 4. The normalized spacial score (nSPS) is 12.6. The Bertz CT molecular complexity index is 1110. The van der Waals surface area contributed by atoms with Gasteiger partial charge in [0, 0.05) is 29.8 Å². The van der Waals surface area contributed by atoms with Crippen molar-refractivity contribution in [3.63, 3.8) is 0 Å². The van der Waals surface area contributed by atoms with Gasteiger partial charge in [0.1, 0.15) is 5.56 Å². The molecule has 1 aliphatic heterocycles. The Labute approximate surface area is 169 Å². The van der Waals surface area contributed by atoms with Crippen LogP contribution in [0, 0.1) is 17.1 Å². The second-order valence-electron chi connectivity index (χ2n) is 6.30. The molecule has 0 saturated heterocycles. The summed E-state index contributed by atoms with van der Waals surface area (Å²) in [6.45, 7) is 0.863. The molecule has 0 unspecified atom stereocenters.